The van der Waals surface area contributed by atoms with Gasteiger partial charge in [0.25, 0.3) is 0 Å². The SMILES string of the molecule is COC1(C2CC2)CCCCN1c1ccccc1. The van der Waals surface area contributed by atoms with Crippen molar-refractivity contribution in [1.29, 1.82) is 0 Å². The van der Waals surface area contributed by atoms with E-state index in [1.165, 1.54) is 37.8 Å². The molecule has 2 fully saturated rings. The number of hydrogen-bond donors (Lipinski definition) is 0. The maximum Gasteiger partial charge on any atom is 0.143 e. The first kappa shape index (κ1) is 11.1. The summed E-state index contributed by atoms with van der Waals surface area (Å²) in [6.07, 6.45) is 6.43. The predicted molar refractivity (Wildman–Crippen MR) is 70.1 cm³/mol. The van der Waals surface area contributed by atoms with E-state index in [2.05, 4.69) is 35.2 Å². The van der Waals surface area contributed by atoms with Gasteiger partial charge < -0.3 is 9.64 Å². The fourth-order valence-electron chi connectivity index (χ4n) is 3.27. The third-order valence-corrected chi connectivity index (χ3v) is 4.26. The van der Waals surface area contributed by atoms with Crippen molar-refractivity contribution in [2.75, 3.05) is 18.6 Å². The Morgan fingerprint density at radius 3 is 2.59 bits per heavy atom. The maximum absolute atomic E-state index is 6.00. The average molecular weight is 231 g/mol. The minimum atomic E-state index is -0.0143. The van der Waals surface area contributed by atoms with Crippen LogP contribution in [0.4, 0.5) is 5.69 Å². The molecule has 0 aromatic heterocycles. The molecule has 0 spiro atoms. The van der Waals surface area contributed by atoms with E-state index in [0.717, 1.165) is 12.5 Å². The van der Waals surface area contributed by atoms with Gasteiger partial charge in [-0.05, 0) is 44.2 Å². The van der Waals surface area contributed by atoms with Gasteiger partial charge in [-0.1, -0.05) is 18.2 Å². The van der Waals surface area contributed by atoms with E-state index in [0.29, 0.717) is 0 Å². The lowest BCUT2D eigenvalue weighted by Crippen LogP contribution is -2.55. The Labute approximate surface area is 104 Å². The van der Waals surface area contributed by atoms with Gasteiger partial charge in [0.05, 0.1) is 0 Å². The van der Waals surface area contributed by atoms with E-state index < -0.39 is 0 Å². The normalized spacial score (nSPS) is 29.4. The van der Waals surface area contributed by atoms with Gasteiger partial charge in [0.1, 0.15) is 5.72 Å². The van der Waals surface area contributed by atoms with Crippen molar-refractivity contribution >= 4 is 5.69 Å². The summed E-state index contributed by atoms with van der Waals surface area (Å²) in [6, 6.07) is 10.7. The van der Waals surface area contributed by atoms with Crippen molar-refractivity contribution in [3.8, 4) is 0 Å². The monoisotopic (exact) mass is 231 g/mol. The van der Waals surface area contributed by atoms with Crippen LogP contribution < -0.4 is 4.90 Å². The van der Waals surface area contributed by atoms with Crippen LogP contribution in [0.3, 0.4) is 0 Å². The molecule has 0 N–H and O–H groups in total. The first-order valence-corrected chi connectivity index (χ1v) is 6.75. The molecule has 1 atom stereocenters. The average Bonchev–Trinajstić information content (AvgIpc) is 3.24. The van der Waals surface area contributed by atoms with Crippen molar-refractivity contribution in [2.24, 2.45) is 5.92 Å². The second-order valence-corrected chi connectivity index (χ2v) is 5.27. The molecule has 2 heteroatoms. The van der Waals surface area contributed by atoms with E-state index in [1.807, 2.05) is 7.11 Å². The number of hydrogen-bond acceptors (Lipinski definition) is 2. The molecule has 2 nitrogen and oxygen atoms in total. The van der Waals surface area contributed by atoms with E-state index in [1.54, 1.807) is 0 Å². The predicted octanol–water partition coefficient (Wildman–Crippen LogP) is 3.43. The molecule has 1 aliphatic heterocycles. The molecule has 1 saturated heterocycles. The highest BCUT2D eigenvalue weighted by molar-refractivity contribution is 5.49. The zero-order chi connectivity index (χ0) is 11.7. The summed E-state index contributed by atoms with van der Waals surface area (Å²) in [5.74, 6) is 0.744. The lowest BCUT2D eigenvalue weighted by Gasteiger charge is -2.48. The quantitative estimate of drug-likeness (QED) is 0.790. The van der Waals surface area contributed by atoms with Gasteiger partial charge in [-0.3, -0.25) is 0 Å². The minimum Gasteiger partial charge on any atom is -0.359 e. The number of piperidine rings is 1. The molecule has 1 heterocycles. The van der Waals surface area contributed by atoms with Gasteiger partial charge in [0.15, 0.2) is 0 Å². The Kier molecular flexibility index (Phi) is 2.83. The Bertz CT molecular complexity index is 374. The second kappa shape index (κ2) is 4.34. The highest BCUT2D eigenvalue weighted by Gasteiger charge is 2.50. The third-order valence-electron chi connectivity index (χ3n) is 4.26. The zero-order valence-corrected chi connectivity index (χ0v) is 10.6. The minimum absolute atomic E-state index is 0.0143. The van der Waals surface area contributed by atoms with E-state index in [9.17, 15) is 0 Å². The first-order chi connectivity index (χ1) is 8.37. The molecule has 1 aromatic rings. The van der Waals surface area contributed by atoms with Crippen molar-refractivity contribution in [1.82, 2.24) is 0 Å². The van der Waals surface area contributed by atoms with Crippen LogP contribution in [0.1, 0.15) is 32.1 Å². The Hall–Kier alpha value is -1.02. The lowest BCUT2D eigenvalue weighted by atomic mass is 9.92. The number of para-hydroxylation sites is 1. The molecular formula is C15H21NO. The summed E-state index contributed by atoms with van der Waals surface area (Å²) >= 11 is 0. The van der Waals surface area contributed by atoms with Crippen LogP contribution >= 0.6 is 0 Å². The van der Waals surface area contributed by atoms with Crippen LogP contribution in [0, 0.1) is 5.92 Å². The summed E-state index contributed by atoms with van der Waals surface area (Å²) in [5.41, 5.74) is 1.31. The van der Waals surface area contributed by atoms with Gasteiger partial charge in [-0.25, -0.2) is 0 Å². The molecule has 1 unspecified atom stereocenters. The highest BCUT2D eigenvalue weighted by atomic mass is 16.5. The molecule has 0 amide bonds. The Balaban J connectivity index is 1.94. The molecule has 2 aliphatic rings. The molecule has 0 bridgehead atoms. The van der Waals surface area contributed by atoms with Crippen LogP contribution in [0.2, 0.25) is 0 Å². The number of benzene rings is 1. The van der Waals surface area contributed by atoms with Crippen LogP contribution in [-0.4, -0.2) is 19.4 Å². The summed E-state index contributed by atoms with van der Waals surface area (Å²) in [6.45, 7) is 1.13. The number of nitrogens with zero attached hydrogens (tertiary/aromatic N) is 1. The van der Waals surface area contributed by atoms with Gasteiger partial charge in [0.2, 0.25) is 0 Å². The highest BCUT2D eigenvalue weighted by Crippen LogP contribution is 2.49. The standard InChI is InChI=1S/C15H21NO/c1-17-15(13-9-10-13)11-5-6-12-16(15)14-7-3-2-4-8-14/h2-4,7-8,13H,5-6,9-12H2,1H3. The van der Waals surface area contributed by atoms with Crippen LogP contribution in [-0.2, 0) is 4.74 Å². The summed E-state index contributed by atoms with van der Waals surface area (Å²) in [7, 11) is 1.89. The third kappa shape index (κ3) is 1.85. The topological polar surface area (TPSA) is 12.5 Å². The van der Waals surface area contributed by atoms with Crippen LogP contribution in [0.15, 0.2) is 30.3 Å². The molecule has 1 saturated carbocycles. The lowest BCUT2D eigenvalue weighted by molar-refractivity contribution is -0.0495. The smallest absolute Gasteiger partial charge is 0.143 e. The van der Waals surface area contributed by atoms with E-state index >= 15 is 0 Å². The largest absolute Gasteiger partial charge is 0.359 e. The Morgan fingerprint density at radius 1 is 1.18 bits per heavy atom. The number of rotatable bonds is 3. The maximum atomic E-state index is 6.00. The second-order valence-electron chi connectivity index (χ2n) is 5.27. The molecular weight excluding hydrogens is 210 g/mol. The van der Waals surface area contributed by atoms with Gasteiger partial charge in [0, 0.05) is 25.3 Å². The van der Waals surface area contributed by atoms with Crippen molar-refractivity contribution < 1.29 is 4.74 Å². The van der Waals surface area contributed by atoms with Crippen LogP contribution in [0.25, 0.3) is 0 Å². The number of methoxy groups -OCH3 is 1. The zero-order valence-electron chi connectivity index (χ0n) is 10.6. The fraction of sp³-hybridized carbons (Fsp3) is 0.600. The summed E-state index contributed by atoms with van der Waals surface area (Å²) in [5, 5.41) is 0. The molecule has 17 heavy (non-hydrogen) atoms. The van der Waals surface area contributed by atoms with Crippen molar-refractivity contribution in [2.45, 2.75) is 37.8 Å². The van der Waals surface area contributed by atoms with Gasteiger partial charge >= 0.3 is 0 Å². The molecule has 92 valence electrons. The number of ether oxygens (including phenoxy) is 1. The van der Waals surface area contributed by atoms with Crippen LogP contribution in [0.5, 0.6) is 0 Å². The van der Waals surface area contributed by atoms with Gasteiger partial charge in [-0.15, -0.1) is 0 Å². The molecule has 1 aliphatic carbocycles. The summed E-state index contributed by atoms with van der Waals surface area (Å²) in [4.78, 5) is 2.51. The molecule has 1 aromatic carbocycles. The Morgan fingerprint density at radius 2 is 1.94 bits per heavy atom. The summed E-state index contributed by atoms with van der Waals surface area (Å²) < 4.78 is 6.00. The molecule has 3 rings (SSSR count). The molecule has 0 radical (unpaired) electrons. The van der Waals surface area contributed by atoms with Gasteiger partial charge in [-0.2, -0.15) is 0 Å². The van der Waals surface area contributed by atoms with Crippen molar-refractivity contribution in [3.63, 3.8) is 0 Å². The fourth-order valence-corrected chi connectivity index (χ4v) is 3.27. The number of anilines is 1. The van der Waals surface area contributed by atoms with E-state index in [4.69, 9.17) is 4.74 Å². The van der Waals surface area contributed by atoms with E-state index in [-0.39, 0.29) is 5.72 Å². The first-order valence-electron chi connectivity index (χ1n) is 6.75. The van der Waals surface area contributed by atoms with Crippen molar-refractivity contribution in [3.05, 3.63) is 30.3 Å².